The average molecular weight is 1820 g/mol. The van der Waals surface area contributed by atoms with Crippen LogP contribution in [0, 0.1) is 127 Å². The van der Waals surface area contributed by atoms with Gasteiger partial charge < -0.3 is 66.3 Å². The molecule has 0 N–H and O–H groups in total. The van der Waals surface area contributed by atoms with Gasteiger partial charge in [-0.15, -0.1) is 0 Å². The van der Waals surface area contributed by atoms with Gasteiger partial charge in [0, 0.05) is 5.41 Å². The molecule has 2 aromatic rings. The van der Waals surface area contributed by atoms with Gasteiger partial charge in [-0.1, -0.05) is 48.5 Å². The SMILES string of the molecule is CC1(C2(C)CC(=O)OC2=O)CC(=O)OC1=O.O=C1CC(C23CCCc4cccc(c42)C2C(=O)OC(=O)C2C3)C(=O)O1.O=C1CC2(CC3C(=O)OC(=O)C3C(c3ccccc3)C2)C(=O)O1.O=C1CC2(CC3CC2C2C4C(=O)OC(=O)C4C32)C(=O)O1.O=C1CC2(CCC3C(=O)OC(=O)C3C2)C(=O)O1.O=C1CC2(CCC3C(=O)OC(=O)C3C2)CC(=O)O1.O=C1OC(=O)C1C1C(=O)OC1=O. The Morgan fingerprint density at radius 2 is 0.748 bits per heavy atom. The van der Waals surface area contributed by atoms with E-state index in [1.807, 2.05) is 48.5 Å². The number of hydrogen-bond donors (Lipinski definition) is 0. The van der Waals surface area contributed by atoms with E-state index in [-0.39, 0.29) is 106 Å². The summed E-state index contributed by atoms with van der Waals surface area (Å²) in [4.78, 5) is 323. The van der Waals surface area contributed by atoms with Crippen molar-refractivity contribution in [3.63, 3.8) is 0 Å². The predicted molar refractivity (Wildman–Crippen MR) is 398 cm³/mol. The van der Waals surface area contributed by atoms with Crippen molar-refractivity contribution >= 4 is 167 Å². The highest BCUT2D eigenvalue weighted by Gasteiger charge is 2.79. The Morgan fingerprint density at radius 3 is 1.28 bits per heavy atom. The number of carbonyl (C=O) groups is 28. The predicted octanol–water partition coefficient (Wildman–Crippen LogP) is 1.54. The van der Waals surface area contributed by atoms with Crippen molar-refractivity contribution in [3.05, 3.63) is 70.8 Å². The monoisotopic (exact) mass is 1820 g/mol. The zero-order valence-electron chi connectivity index (χ0n) is 69.2. The molecule has 2 bridgehead atoms. The summed E-state index contributed by atoms with van der Waals surface area (Å²) in [5.74, 6) is -24.7. The Bertz CT molecular complexity index is 5630. The van der Waals surface area contributed by atoms with Crippen LogP contribution in [0.2, 0.25) is 0 Å². The molecule has 22 unspecified atom stereocenters. The van der Waals surface area contributed by atoms with Gasteiger partial charge in [-0.05, 0) is 161 Å². The zero-order chi connectivity index (χ0) is 93.5. The summed E-state index contributed by atoms with van der Waals surface area (Å²) in [5, 5.41) is 0. The van der Waals surface area contributed by atoms with Crippen LogP contribution in [0.5, 0.6) is 0 Å². The Labute approximate surface area is 735 Å². The summed E-state index contributed by atoms with van der Waals surface area (Å²) in [6, 6.07) is 15.0. The second-order valence-electron chi connectivity index (χ2n) is 38.1. The number of benzene rings is 2. The molecule has 14 aliphatic heterocycles. The normalized spacial score (nSPS) is 38.5. The van der Waals surface area contributed by atoms with Crippen LogP contribution in [0.25, 0.3) is 0 Å². The van der Waals surface area contributed by atoms with Gasteiger partial charge in [-0.3, -0.25) is 134 Å². The quantitative estimate of drug-likeness (QED) is 0.238. The van der Waals surface area contributed by atoms with Crippen LogP contribution in [0.3, 0.4) is 0 Å². The first-order chi connectivity index (χ1) is 61.9. The maximum atomic E-state index is 12.4. The zero-order valence-corrected chi connectivity index (χ0v) is 69.2. The molecule has 14 heterocycles. The van der Waals surface area contributed by atoms with Crippen molar-refractivity contribution in [2.75, 3.05) is 0 Å². The second kappa shape index (κ2) is 31.3. The Kier molecular flexibility index (Phi) is 21.1. The van der Waals surface area contributed by atoms with Crippen molar-refractivity contribution in [3.8, 4) is 0 Å². The number of fused-ring (bicyclic) bond motifs is 14. The number of rotatable bonds is 4. The van der Waals surface area contributed by atoms with Crippen molar-refractivity contribution in [2.24, 2.45) is 127 Å². The highest BCUT2D eigenvalue weighted by Crippen LogP contribution is 2.75. The topological polar surface area (TPSA) is 607 Å². The first-order valence-corrected chi connectivity index (χ1v) is 42.7. The minimum Gasteiger partial charge on any atom is -0.393 e. The molecule has 131 heavy (non-hydrogen) atoms. The van der Waals surface area contributed by atoms with Gasteiger partial charge in [0.05, 0.1) is 144 Å². The molecular weight excluding hydrogens is 1740 g/mol. The minimum absolute atomic E-state index is 0.00356. The molecule has 14 saturated heterocycles. The van der Waals surface area contributed by atoms with Crippen LogP contribution in [-0.4, -0.2) is 167 Å². The fourth-order valence-electron chi connectivity index (χ4n) is 25.0. The van der Waals surface area contributed by atoms with Gasteiger partial charge >= 0.3 is 167 Å². The van der Waals surface area contributed by atoms with Crippen molar-refractivity contribution in [1.82, 2.24) is 0 Å². The lowest BCUT2D eigenvalue weighted by Gasteiger charge is -2.51. The molecular formula is C89H76O42. The van der Waals surface area contributed by atoms with Crippen LogP contribution >= 0.6 is 0 Å². The molecule has 4 spiro atoms. The summed E-state index contributed by atoms with van der Waals surface area (Å²) in [6.45, 7) is 2.89. The van der Waals surface area contributed by atoms with Gasteiger partial charge in [0.15, 0.2) is 11.8 Å². The lowest BCUT2D eigenvalue weighted by molar-refractivity contribution is -0.205. The van der Waals surface area contributed by atoms with Crippen molar-refractivity contribution < 1.29 is 201 Å². The lowest BCUT2D eigenvalue weighted by atomic mass is 9.48. The molecule has 42 heteroatoms. The number of esters is 28. The molecule has 0 amide bonds. The van der Waals surface area contributed by atoms with E-state index in [2.05, 4.69) is 37.9 Å². The van der Waals surface area contributed by atoms with Crippen LogP contribution in [0.4, 0.5) is 0 Å². The van der Waals surface area contributed by atoms with E-state index in [0.717, 1.165) is 41.5 Å². The highest BCUT2D eigenvalue weighted by molar-refractivity contribution is 6.21. The molecule has 42 nitrogen and oxygen atoms in total. The highest BCUT2D eigenvalue weighted by atomic mass is 16.7. The van der Waals surface area contributed by atoms with Crippen LogP contribution in [-0.2, 0) is 212 Å². The first kappa shape index (κ1) is 88.1. The lowest BCUT2D eigenvalue weighted by Crippen LogP contribution is -2.56. The summed E-state index contributed by atoms with van der Waals surface area (Å²) >= 11 is 0. The summed E-state index contributed by atoms with van der Waals surface area (Å²) < 4.78 is 63.8. The third-order valence-electron chi connectivity index (χ3n) is 31.4. The standard InChI is InChI=1S/C19H16O6.C17H14O6.C14H12O6.C12H12O6.C11H10O6.C10H10O6.C6H2O6/c20-13-7-12(17(22)24-13)19-6-2-4-9-3-1-5-10(15(9)19)14-11(8-19)16(21)25-18(14)23;18-12-8-17(16(21)22-12)6-10(9-4-2-1-3-5-9)13-11(7-17)14(19)23-15(13)20;15-6-3-14(13(18)19-6)2-4-1-5(14)8-7(4)9-10(8)12(17)20-11(9)16;13-8-4-12(5-9(14)17-8)2-1-6-7(3-12)11(16)18-10(6)15;12-7-4-11(10(15)16-7)2-1-5-6(3-11)9(14)17-8(5)13;1-9(3-5(11)15-7(9)13)10(2)4-6(12)16-8(10)14;7-3-1(4(8)11-3)2-5(9)12-6(2)10/h1,3,5,11-12,14H,2,4,6-8H2;1-5,10-11,13H,6-8H2;4-5,7-10H,1-3H2;6-7H,1-5H2;5-6H,1-4H2;3-4H2,1-2H3;1-2H. The fraction of sp³-hybridized carbons (Fsp3) is 0.551. The number of hydrogen-bond acceptors (Lipinski definition) is 42. The van der Waals surface area contributed by atoms with Crippen molar-refractivity contribution in [1.29, 1.82) is 0 Å². The fourth-order valence-corrected chi connectivity index (χ4v) is 25.0. The molecule has 22 atom stereocenters. The van der Waals surface area contributed by atoms with Crippen molar-refractivity contribution in [2.45, 2.75) is 172 Å². The largest absolute Gasteiger partial charge is 0.393 e. The number of ether oxygens (including phenoxy) is 14. The Balaban J connectivity index is 0.000000104. The van der Waals surface area contributed by atoms with E-state index in [9.17, 15) is 134 Å². The molecule has 0 radical (unpaired) electrons. The van der Waals surface area contributed by atoms with Crippen LogP contribution in [0.15, 0.2) is 48.5 Å². The third kappa shape index (κ3) is 14.0. The summed E-state index contributed by atoms with van der Waals surface area (Å²) in [5.41, 5.74) is -2.69. The number of cyclic esters (lactones) is 28. The van der Waals surface area contributed by atoms with Crippen LogP contribution in [0.1, 0.15) is 183 Å². The molecule has 0 aromatic heterocycles. The minimum atomic E-state index is -1.31. The third-order valence-corrected chi connectivity index (χ3v) is 31.4. The smallest absolute Gasteiger partial charge is 0.329 e. The second-order valence-corrected chi connectivity index (χ2v) is 38.1. The number of aryl methyl sites for hydroxylation is 1. The molecule has 684 valence electrons. The van der Waals surface area contributed by atoms with Gasteiger partial charge in [0.25, 0.3) is 0 Å². The maximum absolute atomic E-state index is 12.4. The van der Waals surface area contributed by atoms with E-state index in [4.69, 9.17) is 28.4 Å². The first-order valence-electron chi connectivity index (χ1n) is 42.7. The van der Waals surface area contributed by atoms with E-state index in [1.165, 1.54) is 13.8 Å². The summed E-state index contributed by atoms with van der Waals surface area (Å²) in [7, 11) is 0. The van der Waals surface area contributed by atoms with Gasteiger partial charge in [0.2, 0.25) is 0 Å². The van der Waals surface area contributed by atoms with E-state index in [1.54, 1.807) is 0 Å². The molecule has 8 aliphatic carbocycles. The number of carbonyl (C=O) groups excluding carboxylic acids is 28. The van der Waals surface area contributed by atoms with E-state index < -0.39 is 270 Å². The summed E-state index contributed by atoms with van der Waals surface area (Å²) in [6.07, 6.45) is 7.13. The van der Waals surface area contributed by atoms with Gasteiger partial charge in [-0.2, -0.15) is 0 Å². The van der Waals surface area contributed by atoms with E-state index >= 15 is 0 Å². The van der Waals surface area contributed by atoms with Gasteiger partial charge in [-0.25, -0.2) is 0 Å². The van der Waals surface area contributed by atoms with Crippen LogP contribution < -0.4 is 0 Å². The molecule has 22 aliphatic rings. The maximum Gasteiger partial charge on any atom is 0.329 e. The molecule has 2 aromatic carbocycles. The molecule has 24 rings (SSSR count). The Morgan fingerprint density at radius 1 is 0.298 bits per heavy atom. The average Bonchev–Trinajstić information content (AvgIpc) is 1.51. The van der Waals surface area contributed by atoms with Gasteiger partial charge in [0.1, 0.15) is 0 Å². The molecule has 20 fully saturated rings. The molecule has 6 saturated carbocycles. The van der Waals surface area contributed by atoms with E-state index in [0.29, 0.717) is 57.8 Å². The Hall–Kier alpha value is -13.6.